The molecule has 8 nitrogen and oxygen atoms in total. The normalized spacial score (nSPS) is 16.3. The molecule has 4 rings (SSSR count). The maximum absolute atomic E-state index is 12.9. The average Bonchev–Trinajstić information content (AvgIpc) is 3.35. The summed E-state index contributed by atoms with van der Waals surface area (Å²) in [5, 5.41) is 13.2. The van der Waals surface area contributed by atoms with Gasteiger partial charge in [0.05, 0.1) is 18.2 Å². The van der Waals surface area contributed by atoms with E-state index in [-0.39, 0.29) is 23.4 Å². The fraction of sp³-hybridized carbons (Fsp3) is 0.263. The van der Waals surface area contributed by atoms with Gasteiger partial charge in [-0.1, -0.05) is 5.16 Å². The second-order valence-corrected chi connectivity index (χ2v) is 6.67. The first kappa shape index (κ1) is 19.7. The lowest BCUT2D eigenvalue weighted by Crippen LogP contribution is -2.28. The Morgan fingerprint density at radius 3 is 2.70 bits per heavy atom. The number of carbonyl (C=O) groups is 1. The van der Waals surface area contributed by atoms with Gasteiger partial charge in [0.25, 0.3) is 5.91 Å². The number of methoxy groups -OCH3 is 1. The number of pyridine rings is 1. The summed E-state index contributed by atoms with van der Waals surface area (Å²) in [6.45, 7) is 1.49. The maximum Gasteiger partial charge on any atom is 0.433 e. The number of rotatable bonds is 4. The van der Waals surface area contributed by atoms with E-state index in [1.165, 1.54) is 6.92 Å². The maximum atomic E-state index is 12.9. The Labute approximate surface area is 168 Å². The van der Waals surface area contributed by atoms with Gasteiger partial charge in [-0.3, -0.25) is 9.89 Å². The van der Waals surface area contributed by atoms with Crippen molar-refractivity contribution in [3.8, 4) is 5.75 Å². The number of hydrogen-bond acceptors (Lipinski definition) is 6. The molecule has 1 aliphatic heterocycles. The predicted octanol–water partition coefficient (Wildman–Crippen LogP) is 3.43. The van der Waals surface area contributed by atoms with E-state index in [9.17, 15) is 18.0 Å². The summed E-state index contributed by atoms with van der Waals surface area (Å²) in [4.78, 5) is 21.4. The van der Waals surface area contributed by atoms with Gasteiger partial charge >= 0.3 is 6.18 Å². The molecule has 0 saturated carbocycles. The van der Waals surface area contributed by atoms with Gasteiger partial charge in [-0.2, -0.15) is 18.3 Å². The van der Waals surface area contributed by atoms with E-state index in [4.69, 9.17) is 9.57 Å². The van der Waals surface area contributed by atoms with Gasteiger partial charge < -0.3 is 14.9 Å². The summed E-state index contributed by atoms with van der Waals surface area (Å²) in [7, 11) is 1.56. The van der Waals surface area contributed by atoms with Crippen molar-refractivity contribution in [3.05, 3.63) is 47.2 Å². The predicted molar refractivity (Wildman–Crippen MR) is 101 cm³/mol. The molecule has 30 heavy (non-hydrogen) atoms. The number of hydrogen-bond donors (Lipinski definition) is 2. The van der Waals surface area contributed by atoms with Gasteiger partial charge in [-0.15, -0.1) is 0 Å². The highest BCUT2D eigenvalue weighted by Gasteiger charge is 2.34. The highest BCUT2D eigenvalue weighted by molar-refractivity contribution is 6.07. The van der Waals surface area contributed by atoms with Crippen LogP contribution in [-0.2, 0) is 15.8 Å². The van der Waals surface area contributed by atoms with Gasteiger partial charge in [0.15, 0.2) is 11.5 Å². The van der Waals surface area contributed by atoms with Crippen LogP contribution in [0, 0.1) is 6.92 Å². The number of ether oxygens (including phenoxy) is 1. The minimum absolute atomic E-state index is 0.0693. The first-order chi connectivity index (χ1) is 14.3. The number of aromatic nitrogens is 3. The van der Waals surface area contributed by atoms with E-state index in [1.807, 2.05) is 0 Å². The number of anilines is 1. The lowest BCUT2D eigenvalue weighted by Gasteiger charge is -2.09. The Hall–Kier alpha value is -3.63. The van der Waals surface area contributed by atoms with Crippen molar-refractivity contribution in [2.45, 2.75) is 25.6 Å². The van der Waals surface area contributed by atoms with Crippen molar-refractivity contribution in [2.75, 3.05) is 12.4 Å². The first-order valence-corrected chi connectivity index (χ1v) is 8.87. The van der Waals surface area contributed by atoms with Crippen LogP contribution in [0.5, 0.6) is 5.75 Å². The molecule has 156 valence electrons. The van der Waals surface area contributed by atoms with E-state index in [0.29, 0.717) is 16.8 Å². The zero-order chi connectivity index (χ0) is 21.5. The summed E-state index contributed by atoms with van der Waals surface area (Å²) in [5.41, 5.74) is 0.554. The SMILES string of the molecule is COc1ccc(C2=NOC(C(=O)Nc3n[nH]c4nc(C(F)(F)F)cc(C)c34)C2)cc1. The fourth-order valence-electron chi connectivity index (χ4n) is 3.12. The minimum Gasteiger partial charge on any atom is -0.497 e. The molecule has 3 aromatic rings. The number of aromatic amines is 1. The Balaban J connectivity index is 1.49. The first-order valence-electron chi connectivity index (χ1n) is 8.87. The zero-order valence-corrected chi connectivity index (χ0v) is 15.9. The van der Waals surface area contributed by atoms with Crippen LogP contribution in [0.25, 0.3) is 11.0 Å². The number of amides is 1. The number of benzene rings is 1. The number of nitrogens with one attached hydrogen (secondary N) is 2. The third kappa shape index (κ3) is 3.65. The number of alkyl halides is 3. The molecular formula is C19H16F3N5O3. The summed E-state index contributed by atoms with van der Waals surface area (Å²) in [5.74, 6) is 0.251. The topological polar surface area (TPSA) is 101 Å². The van der Waals surface area contributed by atoms with Gasteiger partial charge in [-0.05, 0) is 48.4 Å². The summed E-state index contributed by atoms with van der Waals surface area (Å²) in [6, 6.07) is 8.05. The average molecular weight is 419 g/mol. The lowest BCUT2D eigenvalue weighted by molar-refractivity contribution is -0.141. The Kier molecular flexibility index (Phi) is 4.80. The molecule has 1 aromatic carbocycles. The van der Waals surface area contributed by atoms with Gasteiger partial charge in [-0.25, -0.2) is 4.98 Å². The van der Waals surface area contributed by atoms with E-state index in [1.54, 1.807) is 31.4 Å². The second kappa shape index (κ2) is 7.32. The standard InChI is InChI=1S/C19H16F3N5O3/c1-9-7-14(19(20,21)22)23-16-15(9)17(26-25-16)24-18(28)13-8-12(27-30-13)10-3-5-11(29-2)6-4-10/h3-7,13H,8H2,1-2H3,(H2,23,24,25,26,28). The molecule has 0 aliphatic carbocycles. The Bertz CT molecular complexity index is 1140. The number of H-pyrrole nitrogens is 1. The molecule has 0 bridgehead atoms. The molecule has 11 heteroatoms. The third-order valence-electron chi connectivity index (χ3n) is 4.64. The number of aryl methyl sites for hydroxylation is 1. The van der Waals surface area contributed by atoms with Crippen LogP contribution in [0.1, 0.15) is 23.2 Å². The van der Waals surface area contributed by atoms with E-state index in [0.717, 1.165) is 11.6 Å². The van der Waals surface area contributed by atoms with Crippen LogP contribution in [-0.4, -0.2) is 40.0 Å². The quantitative estimate of drug-likeness (QED) is 0.675. The molecular weight excluding hydrogens is 403 g/mol. The van der Waals surface area contributed by atoms with Crippen molar-refractivity contribution in [3.63, 3.8) is 0 Å². The van der Waals surface area contributed by atoms with Crippen LogP contribution in [0.15, 0.2) is 35.5 Å². The smallest absolute Gasteiger partial charge is 0.433 e. The molecule has 0 saturated heterocycles. The van der Waals surface area contributed by atoms with Crippen LogP contribution in [0.4, 0.5) is 19.0 Å². The number of nitrogens with zero attached hydrogens (tertiary/aromatic N) is 3. The monoisotopic (exact) mass is 419 g/mol. The molecule has 0 spiro atoms. The molecule has 1 unspecified atom stereocenters. The van der Waals surface area contributed by atoms with Crippen LogP contribution in [0.2, 0.25) is 0 Å². The summed E-state index contributed by atoms with van der Waals surface area (Å²) >= 11 is 0. The van der Waals surface area contributed by atoms with Gasteiger partial charge in [0, 0.05) is 6.42 Å². The van der Waals surface area contributed by atoms with Crippen molar-refractivity contribution in [1.29, 1.82) is 0 Å². The molecule has 1 amide bonds. The largest absolute Gasteiger partial charge is 0.497 e. The Morgan fingerprint density at radius 2 is 2.03 bits per heavy atom. The molecule has 0 radical (unpaired) electrons. The molecule has 2 aromatic heterocycles. The van der Waals surface area contributed by atoms with Crippen LogP contribution >= 0.6 is 0 Å². The number of fused-ring (bicyclic) bond motifs is 1. The zero-order valence-electron chi connectivity index (χ0n) is 15.9. The second-order valence-electron chi connectivity index (χ2n) is 6.67. The minimum atomic E-state index is -4.58. The molecule has 1 atom stereocenters. The van der Waals surface area contributed by atoms with E-state index in [2.05, 4.69) is 25.7 Å². The summed E-state index contributed by atoms with van der Waals surface area (Å²) < 4.78 is 43.9. The van der Waals surface area contributed by atoms with Crippen LogP contribution in [0.3, 0.4) is 0 Å². The molecule has 0 fully saturated rings. The third-order valence-corrected chi connectivity index (χ3v) is 4.64. The van der Waals surface area contributed by atoms with Crippen molar-refractivity contribution >= 4 is 28.5 Å². The highest BCUT2D eigenvalue weighted by atomic mass is 19.4. The molecule has 1 aliphatic rings. The van der Waals surface area contributed by atoms with Crippen molar-refractivity contribution < 1.29 is 27.5 Å². The van der Waals surface area contributed by atoms with Gasteiger partial charge in [0.2, 0.25) is 6.10 Å². The number of carbonyl (C=O) groups excluding carboxylic acids is 1. The van der Waals surface area contributed by atoms with Crippen molar-refractivity contribution in [2.24, 2.45) is 5.16 Å². The number of halogens is 3. The van der Waals surface area contributed by atoms with Crippen molar-refractivity contribution in [1.82, 2.24) is 15.2 Å². The van der Waals surface area contributed by atoms with Gasteiger partial charge in [0.1, 0.15) is 11.4 Å². The fourth-order valence-corrected chi connectivity index (χ4v) is 3.12. The Morgan fingerprint density at radius 1 is 1.30 bits per heavy atom. The molecule has 3 heterocycles. The summed E-state index contributed by atoms with van der Waals surface area (Å²) in [6.07, 6.45) is -5.24. The van der Waals surface area contributed by atoms with E-state index < -0.39 is 23.9 Å². The van der Waals surface area contributed by atoms with E-state index >= 15 is 0 Å². The number of oxime groups is 1. The molecule has 2 N–H and O–H groups in total. The highest BCUT2D eigenvalue weighted by Crippen LogP contribution is 2.32. The van der Waals surface area contributed by atoms with Crippen LogP contribution < -0.4 is 10.1 Å². The lowest BCUT2D eigenvalue weighted by atomic mass is 10.0.